The van der Waals surface area contributed by atoms with Gasteiger partial charge in [-0.15, -0.1) is 0 Å². The molecule has 0 bridgehead atoms. The summed E-state index contributed by atoms with van der Waals surface area (Å²) >= 11 is 3.38. The van der Waals surface area contributed by atoms with Crippen LogP contribution in [-0.2, 0) is 16.1 Å². The van der Waals surface area contributed by atoms with Gasteiger partial charge in [-0.3, -0.25) is 4.79 Å². The van der Waals surface area contributed by atoms with Crippen LogP contribution in [0.25, 0.3) is 0 Å². The maximum atomic E-state index is 12.8. The van der Waals surface area contributed by atoms with Crippen molar-refractivity contribution in [2.45, 2.75) is 19.4 Å². The van der Waals surface area contributed by atoms with Gasteiger partial charge in [0.1, 0.15) is 6.61 Å². The number of carbonyl (C=O) groups excluding carboxylic acids is 2. The van der Waals surface area contributed by atoms with Crippen molar-refractivity contribution in [1.82, 2.24) is 4.90 Å². The molecule has 6 nitrogen and oxygen atoms in total. The molecule has 2 unspecified atom stereocenters. The maximum absolute atomic E-state index is 12.8. The van der Waals surface area contributed by atoms with Gasteiger partial charge in [-0.1, -0.05) is 46.3 Å². The van der Waals surface area contributed by atoms with Crippen molar-refractivity contribution in [3.63, 3.8) is 0 Å². The molecule has 1 saturated heterocycles. The molecule has 2 aromatic carbocycles. The number of hydrogen-bond acceptors (Lipinski definition) is 4. The number of hydrazine groups is 1. The zero-order chi connectivity index (χ0) is 19.7. The first-order chi connectivity index (χ1) is 13.5. The highest BCUT2D eigenvalue weighted by Crippen LogP contribution is 2.59. The number of nitrogens with zero attached hydrogens (tertiary/aromatic N) is 2. The molecule has 1 aliphatic carbocycles. The monoisotopic (exact) mass is 443 g/mol. The lowest BCUT2D eigenvalue weighted by Gasteiger charge is -2.19. The predicted octanol–water partition coefficient (Wildman–Crippen LogP) is 3.70. The molecule has 1 spiro atoms. The Kier molecular flexibility index (Phi) is 5.12. The van der Waals surface area contributed by atoms with Crippen LogP contribution in [0.2, 0.25) is 0 Å². The van der Waals surface area contributed by atoms with Crippen LogP contribution in [0.5, 0.6) is 0 Å². The molecule has 2 fully saturated rings. The molecule has 146 valence electrons. The molecule has 7 heteroatoms. The van der Waals surface area contributed by atoms with E-state index in [0.717, 1.165) is 22.9 Å². The minimum Gasteiger partial charge on any atom is -0.445 e. The van der Waals surface area contributed by atoms with Gasteiger partial charge in [0.2, 0.25) is 5.91 Å². The van der Waals surface area contributed by atoms with Gasteiger partial charge in [0.05, 0.1) is 5.69 Å². The largest absolute Gasteiger partial charge is 0.445 e. The molecular weight excluding hydrogens is 422 g/mol. The topological polar surface area (TPSA) is 75.9 Å². The second-order valence-electron chi connectivity index (χ2n) is 7.52. The van der Waals surface area contributed by atoms with E-state index in [4.69, 9.17) is 10.6 Å². The van der Waals surface area contributed by atoms with Crippen LogP contribution >= 0.6 is 15.9 Å². The minimum atomic E-state index is -0.323. The Morgan fingerprint density at radius 2 is 1.89 bits per heavy atom. The van der Waals surface area contributed by atoms with Gasteiger partial charge in [0.15, 0.2) is 0 Å². The lowest BCUT2D eigenvalue weighted by atomic mass is 10.0. The van der Waals surface area contributed by atoms with Gasteiger partial charge >= 0.3 is 6.09 Å². The van der Waals surface area contributed by atoms with E-state index in [1.165, 1.54) is 5.01 Å². The van der Waals surface area contributed by atoms with Gasteiger partial charge in [-0.25, -0.2) is 15.6 Å². The third kappa shape index (κ3) is 3.77. The Morgan fingerprint density at radius 1 is 1.18 bits per heavy atom. The third-order valence-electron chi connectivity index (χ3n) is 5.68. The standard InChI is InChI=1S/C21H22BrN3O3/c22-16-6-8-17(9-7-16)25(23)19(26)18-12-21(18)10-11-24(14-21)20(27)28-13-15-4-2-1-3-5-15/h1-9,18H,10-14,23H2. The van der Waals surface area contributed by atoms with Crippen molar-refractivity contribution in [3.05, 3.63) is 64.6 Å². The number of ether oxygens (including phenoxy) is 1. The Balaban J connectivity index is 1.32. The summed E-state index contributed by atoms with van der Waals surface area (Å²) in [5.74, 6) is 5.81. The van der Waals surface area contributed by atoms with Crippen molar-refractivity contribution >= 4 is 33.6 Å². The molecule has 2 amide bonds. The Labute approximate surface area is 172 Å². The molecule has 4 rings (SSSR count). The van der Waals surface area contributed by atoms with Crippen LogP contribution in [0.3, 0.4) is 0 Å². The summed E-state index contributed by atoms with van der Waals surface area (Å²) in [6.45, 7) is 1.41. The number of halogens is 1. The zero-order valence-corrected chi connectivity index (χ0v) is 17.0. The molecule has 0 radical (unpaired) electrons. The Hall–Kier alpha value is -2.38. The molecule has 2 aromatic rings. The zero-order valence-electron chi connectivity index (χ0n) is 15.4. The SMILES string of the molecule is NN(C(=O)C1CC12CCN(C(=O)OCc1ccccc1)C2)c1ccc(Br)cc1. The number of hydrogen-bond donors (Lipinski definition) is 1. The molecule has 0 aromatic heterocycles. The van der Waals surface area contributed by atoms with E-state index < -0.39 is 0 Å². The Morgan fingerprint density at radius 3 is 2.61 bits per heavy atom. The van der Waals surface area contributed by atoms with Gasteiger partial charge in [-0.05, 0) is 42.7 Å². The summed E-state index contributed by atoms with van der Waals surface area (Å²) in [6.07, 6.45) is 1.24. The van der Waals surface area contributed by atoms with E-state index >= 15 is 0 Å². The summed E-state index contributed by atoms with van der Waals surface area (Å²) < 4.78 is 6.35. The van der Waals surface area contributed by atoms with Crippen molar-refractivity contribution in [2.75, 3.05) is 18.1 Å². The predicted molar refractivity (Wildman–Crippen MR) is 109 cm³/mol. The lowest BCUT2D eigenvalue weighted by molar-refractivity contribution is -0.120. The first-order valence-corrected chi connectivity index (χ1v) is 10.1. The summed E-state index contributed by atoms with van der Waals surface area (Å²) in [7, 11) is 0. The normalized spacial score (nSPS) is 22.9. The minimum absolute atomic E-state index is 0.0955. The number of carbonyl (C=O) groups is 2. The second-order valence-corrected chi connectivity index (χ2v) is 8.43. The van der Waals surface area contributed by atoms with Crippen molar-refractivity contribution in [1.29, 1.82) is 0 Å². The molecule has 1 saturated carbocycles. The first kappa shape index (κ1) is 19.0. The molecule has 1 heterocycles. The van der Waals surface area contributed by atoms with Gasteiger partial charge in [0.25, 0.3) is 0 Å². The number of benzene rings is 2. The van der Waals surface area contributed by atoms with Crippen molar-refractivity contribution in [3.8, 4) is 0 Å². The maximum Gasteiger partial charge on any atom is 0.410 e. The van der Waals surface area contributed by atoms with Crippen molar-refractivity contribution in [2.24, 2.45) is 17.2 Å². The fourth-order valence-corrected chi connectivity index (χ4v) is 4.17. The summed E-state index contributed by atoms with van der Waals surface area (Å²) in [5, 5.41) is 1.22. The smallest absolute Gasteiger partial charge is 0.410 e. The fraction of sp³-hybridized carbons (Fsp3) is 0.333. The molecule has 1 aliphatic heterocycles. The van der Waals surface area contributed by atoms with Gasteiger partial charge in [-0.2, -0.15) is 0 Å². The summed E-state index contributed by atoms with van der Waals surface area (Å²) in [4.78, 5) is 26.9. The highest BCUT2D eigenvalue weighted by molar-refractivity contribution is 9.10. The number of nitrogens with two attached hydrogens (primary N) is 1. The average Bonchev–Trinajstić information content (AvgIpc) is 3.25. The van der Waals surface area contributed by atoms with Gasteiger partial charge < -0.3 is 9.64 Å². The number of rotatable bonds is 4. The van der Waals surface area contributed by atoms with E-state index in [0.29, 0.717) is 18.8 Å². The van der Waals surface area contributed by atoms with E-state index in [2.05, 4.69) is 15.9 Å². The molecule has 2 N–H and O–H groups in total. The third-order valence-corrected chi connectivity index (χ3v) is 6.21. The van der Waals surface area contributed by atoms with Gasteiger partial charge in [0, 0.05) is 28.9 Å². The van der Waals surface area contributed by atoms with E-state index in [1.54, 1.807) is 17.0 Å². The summed E-state index contributed by atoms with van der Waals surface area (Å²) in [5.41, 5.74) is 1.46. The first-order valence-electron chi connectivity index (χ1n) is 9.28. The highest BCUT2D eigenvalue weighted by atomic mass is 79.9. The molecule has 28 heavy (non-hydrogen) atoms. The number of anilines is 1. The van der Waals surface area contributed by atoms with E-state index in [9.17, 15) is 9.59 Å². The summed E-state index contributed by atoms with van der Waals surface area (Å²) in [6, 6.07) is 16.9. The number of amides is 2. The molecular formula is C21H22BrN3O3. The average molecular weight is 444 g/mol. The Bertz CT molecular complexity index is 874. The molecule has 2 atom stereocenters. The quantitative estimate of drug-likeness (QED) is 0.443. The van der Waals surface area contributed by atoms with Crippen LogP contribution in [0.15, 0.2) is 59.1 Å². The highest BCUT2D eigenvalue weighted by Gasteiger charge is 2.62. The second kappa shape index (κ2) is 7.56. The van der Waals surface area contributed by atoms with Crippen LogP contribution in [0, 0.1) is 11.3 Å². The van der Waals surface area contributed by atoms with Crippen LogP contribution in [0.1, 0.15) is 18.4 Å². The van der Waals surface area contributed by atoms with Crippen LogP contribution in [-0.4, -0.2) is 30.0 Å². The molecule has 2 aliphatic rings. The fourth-order valence-electron chi connectivity index (χ4n) is 3.91. The number of likely N-dealkylation sites (tertiary alicyclic amines) is 1. The van der Waals surface area contributed by atoms with E-state index in [1.807, 2.05) is 42.5 Å². The van der Waals surface area contributed by atoms with Crippen LogP contribution in [0.4, 0.5) is 10.5 Å². The van der Waals surface area contributed by atoms with Crippen LogP contribution < -0.4 is 10.9 Å². The lowest BCUT2D eigenvalue weighted by Crippen LogP contribution is -2.40. The van der Waals surface area contributed by atoms with E-state index in [-0.39, 0.29) is 29.9 Å². The van der Waals surface area contributed by atoms with Crippen molar-refractivity contribution < 1.29 is 14.3 Å².